The summed E-state index contributed by atoms with van der Waals surface area (Å²) in [7, 11) is 0. The molecule has 0 amide bonds. The molecule has 0 bridgehead atoms. The number of halogens is 2. The Bertz CT molecular complexity index is 590. The van der Waals surface area contributed by atoms with Gasteiger partial charge in [0.1, 0.15) is 5.75 Å². The molecule has 0 heterocycles. The van der Waals surface area contributed by atoms with Gasteiger partial charge in [-0.2, -0.15) is 0 Å². The molecule has 20 heavy (non-hydrogen) atoms. The second kappa shape index (κ2) is 6.95. The maximum absolute atomic E-state index is 10.0. The van der Waals surface area contributed by atoms with Crippen molar-refractivity contribution >= 4 is 23.2 Å². The highest BCUT2D eigenvalue weighted by Crippen LogP contribution is 2.25. The molecule has 3 N–H and O–H groups in total. The van der Waals surface area contributed by atoms with Crippen molar-refractivity contribution in [1.29, 1.82) is 0 Å². The fourth-order valence-corrected chi connectivity index (χ4v) is 2.27. The Hall–Kier alpha value is -1.26. The third kappa shape index (κ3) is 3.87. The monoisotopic (exact) mass is 311 g/mol. The van der Waals surface area contributed by atoms with Crippen LogP contribution in [0.2, 0.25) is 10.0 Å². The number of phenolic OH excluding ortho intramolecular Hbond substituents is 1. The van der Waals surface area contributed by atoms with E-state index in [9.17, 15) is 10.2 Å². The summed E-state index contributed by atoms with van der Waals surface area (Å²) >= 11 is 12.0. The van der Waals surface area contributed by atoms with Crippen LogP contribution in [0.15, 0.2) is 42.5 Å². The molecule has 0 fully saturated rings. The first kappa shape index (κ1) is 15.1. The summed E-state index contributed by atoms with van der Waals surface area (Å²) < 4.78 is 0. The standard InChI is InChI=1S/C15H15Cl2NO2/c16-13-6-2-4-11(15(13)17)8-18-9-14(20)10-3-1-5-12(19)7-10/h1-7,14,18-20H,8-9H2/t14-/m1/s1. The molecule has 5 heteroatoms. The van der Waals surface area contributed by atoms with Gasteiger partial charge in [-0.25, -0.2) is 0 Å². The van der Waals surface area contributed by atoms with Crippen LogP contribution in [0.25, 0.3) is 0 Å². The Labute approximate surface area is 127 Å². The van der Waals surface area contributed by atoms with Gasteiger partial charge in [-0.15, -0.1) is 0 Å². The lowest BCUT2D eigenvalue weighted by Crippen LogP contribution is -2.21. The van der Waals surface area contributed by atoms with Gasteiger partial charge in [-0.05, 0) is 29.3 Å². The summed E-state index contributed by atoms with van der Waals surface area (Å²) in [5.74, 6) is 0.138. The van der Waals surface area contributed by atoms with Crippen LogP contribution in [-0.4, -0.2) is 16.8 Å². The first-order valence-corrected chi connectivity index (χ1v) is 6.94. The zero-order valence-electron chi connectivity index (χ0n) is 10.7. The van der Waals surface area contributed by atoms with Crippen LogP contribution >= 0.6 is 23.2 Å². The van der Waals surface area contributed by atoms with Crippen LogP contribution < -0.4 is 5.32 Å². The number of aromatic hydroxyl groups is 1. The van der Waals surface area contributed by atoms with E-state index < -0.39 is 6.10 Å². The number of nitrogens with one attached hydrogen (secondary N) is 1. The highest BCUT2D eigenvalue weighted by atomic mass is 35.5. The largest absolute Gasteiger partial charge is 0.508 e. The maximum atomic E-state index is 10.0. The zero-order chi connectivity index (χ0) is 14.5. The van der Waals surface area contributed by atoms with E-state index in [-0.39, 0.29) is 5.75 Å². The summed E-state index contributed by atoms with van der Waals surface area (Å²) in [6.07, 6.45) is -0.694. The van der Waals surface area contributed by atoms with Crippen molar-refractivity contribution < 1.29 is 10.2 Å². The molecule has 3 nitrogen and oxygen atoms in total. The highest BCUT2D eigenvalue weighted by Gasteiger charge is 2.09. The number of aliphatic hydroxyl groups is 1. The summed E-state index contributed by atoms with van der Waals surface area (Å²) in [5, 5.41) is 23.5. The SMILES string of the molecule is Oc1cccc([C@H](O)CNCc2cccc(Cl)c2Cl)c1. The third-order valence-electron chi connectivity index (χ3n) is 2.94. The van der Waals surface area contributed by atoms with E-state index in [1.807, 2.05) is 12.1 Å². The number of phenols is 1. The average Bonchev–Trinajstić information content (AvgIpc) is 2.43. The van der Waals surface area contributed by atoms with Crippen LogP contribution in [0.3, 0.4) is 0 Å². The van der Waals surface area contributed by atoms with Gasteiger partial charge in [0, 0.05) is 13.1 Å². The van der Waals surface area contributed by atoms with E-state index in [2.05, 4.69) is 5.32 Å². The molecule has 0 aliphatic heterocycles. The van der Waals surface area contributed by atoms with Gasteiger partial charge in [0.05, 0.1) is 16.1 Å². The molecule has 2 aromatic rings. The molecule has 0 aromatic heterocycles. The maximum Gasteiger partial charge on any atom is 0.115 e. The minimum atomic E-state index is -0.694. The Morgan fingerprint density at radius 1 is 1.10 bits per heavy atom. The lowest BCUT2D eigenvalue weighted by Gasteiger charge is -2.13. The average molecular weight is 312 g/mol. The minimum absolute atomic E-state index is 0.138. The first-order chi connectivity index (χ1) is 9.58. The fraction of sp³-hybridized carbons (Fsp3) is 0.200. The lowest BCUT2D eigenvalue weighted by atomic mass is 10.1. The minimum Gasteiger partial charge on any atom is -0.508 e. The normalized spacial score (nSPS) is 12.3. The zero-order valence-corrected chi connectivity index (χ0v) is 12.2. The first-order valence-electron chi connectivity index (χ1n) is 6.18. The second-order valence-corrected chi connectivity index (χ2v) is 5.24. The van der Waals surface area contributed by atoms with E-state index in [0.29, 0.717) is 28.7 Å². The Morgan fingerprint density at radius 2 is 1.85 bits per heavy atom. The van der Waals surface area contributed by atoms with Gasteiger partial charge >= 0.3 is 0 Å². The van der Waals surface area contributed by atoms with Gasteiger partial charge in [-0.3, -0.25) is 0 Å². The van der Waals surface area contributed by atoms with Crippen molar-refractivity contribution in [1.82, 2.24) is 5.32 Å². The van der Waals surface area contributed by atoms with E-state index in [1.165, 1.54) is 0 Å². The second-order valence-electron chi connectivity index (χ2n) is 4.45. The van der Waals surface area contributed by atoms with Crippen molar-refractivity contribution in [3.8, 4) is 5.75 Å². The van der Waals surface area contributed by atoms with Crippen molar-refractivity contribution in [3.05, 3.63) is 63.6 Å². The van der Waals surface area contributed by atoms with Gasteiger partial charge in [0.15, 0.2) is 0 Å². The number of hydrogen-bond donors (Lipinski definition) is 3. The van der Waals surface area contributed by atoms with E-state index >= 15 is 0 Å². The summed E-state index contributed by atoms with van der Waals surface area (Å²) in [6, 6.07) is 12.0. The Morgan fingerprint density at radius 3 is 2.60 bits per heavy atom. The smallest absolute Gasteiger partial charge is 0.115 e. The summed E-state index contributed by atoms with van der Waals surface area (Å²) in [5.41, 5.74) is 1.54. The Kier molecular flexibility index (Phi) is 5.26. The van der Waals surface area contributed by atoms with Gasteiger partial charge < -0.3 is 15.5 Å². The highest BCUT2D eigenvalue weighted by molar-refractivity contribution is 6.42. The molecule has 2 aromatic carbocycles. The molecule has 0 aliphatic rings. The van der Waals surface area contributed by atoms with E-state index in [4.69, 9.17) is 23.2 Å². The fourth-order valence-electron chi connectivity index (χ4n) is 1.88. The van der Waals surface area contributed by atoms with Crippen LogP contribution in [-0.2, 0) is 6.54 Å². The number of benzene rings is 2. The van der Waals surface area contributed by atoms with Crippen LogP contribution in [0.4, 0.5) is 0 Å². The molecule has 0 saturated heterocycles. The summed E-state index contributed by atoms with van der Waals surface area (Å²) in [6.45, 7) is 0.863. The molecular weight excluding hydrogens is 297 g/mol. The topological polar surface area (TPSA) is 52.5 Å². The molecule has 0 spiro atoms. The molecular formula is C15H15Cl2NO2. The van der Waals surface area contributed by atoms with Crippen molar-refractivity contribution in [2.45, 2.75) is 12.6 Å². The predicted molar refractivity (Wildman–Crippen MR) is 81.2 cm³/mol. The predicted octanol–water partition coefficient (Wildman–Crippen LogP) is 3.52. The van der Waals surface area contributed by atoms with E-state index in [0.717, 1.165) is 5.56 Å². The summed E-state index contributed by atoms with van der Waals surface area (Å²) in [4.78, 5) is 0. The molecule has 2 rings (SSSR count). The lowest BCUT2D eigenvalue weighted by molar-refractivity contribution is 0.174. The van der Waals surface area contributed by atoms with Crippen LogP contribution in [0.5, 0.6) is 5.75 Å². The van der Waals surface area contributed by atoms with Crippen molar-refractivity contribution in [3.63, 3.8) is 0 Å². The van der Waals surface area contributed by atoms with E-state index in [1.54, 1.807) is 30.3 Å². The molecule has 0 unspecified atom stereocenters. The molecule has 0 radical (unpaired) electrons. The molecule has 1 atom stereocenters. The number of rotatable bonds is 5. The number of aliphatic hydroxyl groups excluding tert-OH is 1. The van der Waals surface area contributed by atoms with Gasteiger partial charge in [0.2, 0.25) is 0 Å². The van der Waals surface area contributed by atoms with Crippen LogP contribution in [0.1, 0.15) is 17.2 Å². The van der Waals surface area contributed by atoms with Gasteiger partial charge in [-0.1, -0.05) is 47.5 Å². The third-order valence-corrected chi connectivity index (χ3v) is 3.80. The quantitative estimate of drug-likeness (QED) is 0.792. The van der Waals surface area contributed by atoms with Crippen molar-refractivity contribution in [2.75, 3.05) is 6.54 Å². The van der Waals surface area contributed by atoms with Crippen LogP contribution in [0, 0.1) is 0 Å². The molecule has 106 valence electrons. The number of hydrogen-bond acceptors (Lipinski definition) is 3. The van der Waals surface area contributed by atoms with Gasteiger partial charge in [0.25, 0.3) is 0 Å². The molecule has 0 saturated carbocycles. The Balaban J connectivity index is 1.91. The van der Waals surface area contributed by atoms with Crippen molar-refractivity contribution in [2.24, 2.45) is 0 Å². The molecule has 0 aliphatic carbocycles.